The Morgan fingerprint density at radius 1 is 1.27 bits per heavy atom. The number of halogens is 2. The number of aromatic nitrogens is 3. The Morgan fingerprint density at radius 2 is 2.04 bits per heavy atom. The SMILES string of the molecule is COc1ccc(NC(N)=NCc2nncn2-c2ccccc2)cc1Cl.I. The van der Waals surface area contributed by atoms with Crippen LogP contribution in [-0.2, 0) is 6.54 Å². The first kappa shape index (κ1) is 20.0. The summed E-state index contributed by atoms with van der Waals surface area (Å²) in [5, 5.41) is 11.5. The Balaban J connectivity index is 0.00000243. The lowest BCUT2D eigenvalue weighted by atomic mass is 10.3. The average Bonchev–Trinajstić information content (AvgIpc) is 3.09. The monoisotopic (exact) mass is 484 g/mol. The van der Waals surface area contributed by atoms with Gasteiger partial charge in [0, 0.05) is 11.4 Å². The minimum atomic E-state index is 0. The summed E-state index contributed by atoms with van der Waals surface area (Å²) in [6, 6.07) is 15.1. The van der Waals surface area contributed by atoms with Crippen LogP contribution in [0.25, 0.3) is 5.69 Å². The Hall–Kier alpha value is -2.33. The van der Waals surface area contributed by atoms with Crippen LogP contribution in [0.5, 0.6) is 5.75 Å². The van der Waals surface area contributed by atoms with Crippen molar-refractivity contribution in [2.75, 3.05) is 12.4 Å². The van der Waals surface area contributed by atoms with E-state index in [9.17, 15) is 0 Å². The van der Waals surface area contributed by atoms with Gasteiger partial charge in [0.05, 0.1) is 12.1 Å². The first-order chi connectivity index (χ1) is 12.2. The van der Waals surface area contributed by atoms with E-state index in [-0.39, 0.29) is 36.5 Å². The molecule has 1 aromatic heterocycles. The van der Waals surface area contributed by atoms with Gasteiger partial charge in [0.15, 0.2) is 11.8 Å². The Kier molecular flexibility index (Phi) is 7.22. The van der Waals surface area contributed by atoms with Gasteiger partial charge in [-0.3, -0.25) is 4.57 Å². The van der Waals surface area contributed by atoms with Crippen LogP contribution in [0, 0.1) is 0 Å². The number of ether oxygens (including phenoxy) is 1. The number of guanidine groups is 1. The number of anilines is 1. The molecule has 3 aromatic rings. The lowest BCUT2D eigenvalue weighted by Crippen LogP contribution is -2.22. The number of nitrogens with zero attached hydrogens (tertiary/aromatic N) is 4. The van der Waals surface area contributed by atoms with E-state index in [1.165, 1.54) is 0 Å². The fourth-order valence-electron chi connectivity index (χ4n) is 2.26. The summed E-state index contributed by atoms with van der Waals surface area (Å²) in [7, 11) is 1.56. The molecule has 0 unspecified atom stereocenters. The molecule has 0 bridgehead atoms. The summed E-state index contributed by atoms with van der Waals surface area (Å²) < 4.78 is 6.98. The summed E-state index contributed by atoms with van der Waals surface area (Å²) in [6.45, 7) is 0.289. The minimum absolute atomic E-state index is 0. The number of benzene rings is 2. The molecule has 0 spiro atoms. The van der Waals surface area contributed by atoms with Crippen molar-refractivity contribution in [1.29, 1.82) is 0 Å². The highest BCUT2D eigenvalue weighted by Crippen LogP contribution is 2.27. The van der Waals surface area contributed by atoms with Crippen molar-refractivity contribution in [1.82, 2.24) is 14.8 Å². The van der Waals surface area contributed by atoms with E-state index >= 15 is 0 Å². The predicted molar refractivity (Wildman–Crippen MR) is 114 cm³/mol. The average molecular weight is 485 g/mol. The molecule has 0 atom stereocenters. The van der Waals surface area contributed by atoms with Crippen molar-refractivity contribution in [3.05, 3.63) is 65.7 Å². The summed E-state index contributed by atoms with van der Waals surface area (Å²) in [5.41, 5.74) is 7.62. The normalized spacial score (nSPS) is 10.9. The van der Waals surface area contributed by atoms with E-state index in [1.807, 2.05) is 34.9 Å². The van der Waals surface area contributed by atoms with Gasteiger partial charge in [0.25, 0.3) is 0 Å². The van der Waals surface area contributed by atoms with Crippen LogP contribution in [0.3, 0.4) is 0 Å². The van der Waals surface area contributed by atoms with Crippen molar-refractivity contribution < 1.29 is 4.74 Å². The Labute approximate surface area is 173 Å². The quantitative estimate of drug-likeness (QED) is 0.329. The largest absolute Gasteiger partial charge is 0.495 e. The van der Waals surface area contributed by atoms with E-state index < -0.39 is 0 Å². The van der Waals surface area contributed by atoms with E-state index in [4.69, 9.17) is 22.1 Å². The molecule has 3 rings (SSSR count). The lowest BCUT2D eigenvalue weighted by Gasteiger charge is -2.09. The van der Waals surface area contributed by atoms with Crippen LogP contribution in [-0.4, -0.2) is 27.8 Å². The highest BCUT2D eigenvalue weighted by Gasteiger charge is 2.06. The van der Waals surface area contributed by atoms with Crippen LogP contribution in [0.1, 0.15) is 5.82 Å². The van der Waals surface area contributed by atoms with Crippen LogP contribution in [0.2, 0.25) is 5.02 Å². The molecule has 26 heavy (non-hydrogen) atoms. The van der Waals surface area contributed by atoms with Gasteiger partial charge in [-0.1, -0.05) is 29.8 Å². The van der Waals surface area contributed by atoms with Crippen LogP contribution in [0.15, 0.2) is 59.9 Å². The van der Waals surface area contributed by atoms with Crippen molar-refractivity contribution >= 4 is 47.2 Å². The third kappa shape index (κ3) is 4.85. The highest BCUT2D eigenvalue weighted by atomic mass is 127. The van der Waals surface area contributed by atoms with Gasteiger partial charge < -0.3 is 15.8 Å². The number of aliphatic imine (C=N–C) groups is 1. The van der Waals surface area contributed by atoms with Crippen LogP contribution < -0.4 is 15.8 Å². The van der Waals surface area contributed by atoms with Gasteiger partial charge in [-0.2, -0.15) is 0 Å². The van der Waals surface area contributed by atoms with E-state index in [2.05, 4.69) is 20.5 Å². The van der Waals surface area contributed by atoms with E-state index in [1.54, 1.807) is 31.6 Å². The lowest BCUT2D eigenvalue weighted by molar-refractivity contribution is 0.415. The fraction of sp³-hybridized carbons (Fsp3) is 0.118. The van der Waals surface area contributed by atoms with Crippen molar-refractivity contribution in [2.45, 2.75) is 6.54 Å². The first-order valence-corrected chi connectivity index (χ1v) is 7.90. The van der Waals surface area contributed by atoms with E-state index in [0.29, 0.717) is 16.6 Å². The van der Waals surface area contributed by atoms with Crippen molar-refractivity contribution in [3.63, 3.8) is 0 Å². The highest BCUT2D eigenvalue weighted by molar-refractivity contribution is 14.0. The van der Waals surface area contributed by atoms with Crippen molar-refractivity contribution in [3.8, 4) is 11.4 Å². The Morgan fingerprint density at radius 3 is 2.73 bits per heavy atom. The second kappa shape index (κ2) is 9.39. The van der Waals surface area contributed by atoms with Crippen LogP contribution in [0.4, 0.5) is 5.69 Å². The second-order valence-corrected chi connectivity index (χ2v) is 5.54. The fourth-order valence-corrected chi connectivity index (χ4v) is 2.52. The third-order valence-electron chi connectivity index (χ3n) is 3.47. The molecule has 0 radical (unpaired) electrons. The van der Waals surface area contributed by atoms with Gasteiger partial charge >= 0.3 is 0 Å². The molecule has 0 aliphatic rings. The molecule has 136 valence electrons. The zero-order valence-corrected chi connectivity index (χ0v) is 17.1. The van der Waals surface area contributed by atoms with E-state index in [0.717, 1.165) is 11.4 Å². The maximum Gasteiger partial charge on any atom is 0.193 e. The zero-order chi connectivity index (χ0) is 17.6. The number of nitrogens with two attached hydrogens (primary N) is 1. The molecule has 0 aliphatic carbocycles. The maximum absolute atomic E-state index is 6.09. The molecule has 0 amide bonds. The molecule has 9 heteroatoms. The van der Waals surface area contributed by atoms with Gasteiger partial charge in [0.2, 0.25) is 0 Å². The number of methoxy groups -OCH3 is 1. The molecule has 0 fully saturated rings. The second-order valence-electron chi connectivity index (χ2n) is 5.13. The summed E-state index contributed by atoms with van der Waals surface area (Å²) in [6.07, 6.45) is 1.65. The summed E-state index contributed by atoms with van der Waals surface area (Å²) >= 11 is 6.09. The number of nitrogens with one attached hydrogen (secondary N) is 1. The van der Waals surface area contributed by atoms with Gasteiger partial charge in [-0.05, 0) is 30.3 Å². The van der Waals surface area contributed by atoms with Gasteiger partial charge in [0.1, 0.15) is 18.6 Å². The molecule has 0 saturated carbocycles. The third-order valence-corrected chi connectivity index (χ3v) is 3.76. The molecule has 0 aliphatic heterocycles. The molecular formula is C17H18ClIN6O. The molecule has 3 N–H and O–H groups in total. The number of hydrogen-bond donors (Lipinski definition) is 2. The molecule has 1 heterocycles. The minimum Gasteiger partial charge on any atom is -0.495 e. The molecule has 7 nitrogen and oxygen atoms in total. The topological polar surface area (TPSA) is 90.3 Å². The zero-order valence-electron chi connectivity index (χ0n) is 14.0. The maximum atomic E-state index is 6.09. The smallest absolute Gasteiger partial charge is 0.193 e. The number of hydrogen-bond acceptors (Lipinski definition) is 4. The van der Waals surface area contributed by atoms with Crippen molar-refractivity contribution in [2.24, 2.45) is 10.7 Å². The molecule has 2 aromatic carbocycles. The summed E-state index contributed by atoms with van der Waals surface area (Å²) in [5.74, 6) is 1.53. The summed E-state index contributed by atoms with van der Waals surface area (Å²) in [4.78, 5) is 4.31. The van der Waals surface area contributed by atoms with Crippen LogP contribution >= 0.6 is 35.6 Å². The number of rotatable bonds is 5. The predicted octanol–water partition coefficient (Wildman–Crippen LogP) is 3.47. The first-order valence-electron chi connectivity index (χ1n) is 7.52. The number of para-hydroxylation sites is 1. The Bertz CT molecular complexity index is 884. The van der Waals surface area contributed by atoms with Gasteiger partial charge in [-0.15, -0.1) is 34.2 Å². The molecular weight excluding hydrogens is 467 g/mol. The van der Waals surface area contributed by atoms with Gasteiger partial charge in [-0.25, -0.2) is 4.99 Å². The molecule has 0 saturated heterocycles. The standard InChI is InChI=1S/C17H17ClN6O.HI/c1-25-15-8-7-12(9-14(15)18)22-17(19)20-10-16-23-21-11-24(16)13-5-3-2-4-6-13;/h2-9,11H,10H2,1H3,(H3,19,20,22);1H.